The minimum atomic E-state index is -0.137. The lowest BCUT2D eigenvalue weighted by molar-refractivity contribution is -0.131. The van der Waals surface area contributed by atoms with Crippen LogP contribution in [0.5, 0.6) is 0 Å². The summed E-state index contributed by atoms with van der Waals surface area (Å²) in [6, 6.07) is 11.7. The molecule has 1 amide bonds. The lowest BCUT2D eigenvalue weighted by Crippen LogP contribution is -2.57. The molecule has 0 aliphatic carbocycles. The van der Waals surface area contributed by atoms with E-state index in [-0.39, 0.29) is 5.82 Å². The van der Waals surface area contributed by atoms with Crippen molar-refractivity contribution in [3.63, 3.8) is 0 Å². The average Bonchev–Trinajstić information content (AvgIpc) is 2.93. The standard InChI is InChI=1S/C28H38FN5OS/c29-25-5-1-2-6-27(25)33-14-12-32(13-15-33)26-9-11-31(21-23-4-3-10-30-20-23)22-24(26)7-8-28(35)34-16-18-36-19-17-34/h1-6,10,20,24,26H,7-9,11-19,21-22H2/t24-,26+/m0/s1. The minimum absolute atomic E-state index is 0.137. The molecule has 4 heterocycles. The number of likely N-dealkylation sites (tertiary alicyclic amines) is 1. The minimum Gasteiger partial charge on any atom is -0.367 e. The van der Waals surface area contributed by atoms with Crippen molar-refractivity contribution < 1.29 is 9.18 Å². The first-order valence-electron chi connectivity index (χ1n) is 13.4. The number of rotatable bonds is 7. The van der Waals surface area contributed by atoms with Crippen molar-refractivity contribution in [1.29, 1.82) is 0 Å². The van der Waals surface area contributed by atoms with Crippen molar-refractivity contribution in [3.8, 4) is 0 Å². The number of thioether (sulfide) groups is 1. The highest BCUT2D eigenvalue weighted by atomic mass is 32.2. The number of carbonyl (C=O) groups is 1. The number of para-hydroxylation sites is 1. The molecule has 2 aromatic rings. The van der Waals surface area contributed by atoms with E-state index in [1.54, 1.807) is 12.1 Å². The Kier molecular flexibility index (Phi) is 8.77. The Balaban J connectivity index is 1.22. The van der Waals surface area contributed by atoms with Gasteiger partial charge in [0, 0.05) is 88.7 Å². The maximum Gasteiger partial charge on any atom is 0.222 e. The third kappa shape index (κ3) is 6.39. The molecule has 0 bridgehead atoms. The van der Waals surface area contributed by atoms with Gasteiger partial charge >= 0.3 is 0 Å². The average molecular weight is 512 g/mol. The van der Waals surface area contributed by atoms with Crippen LogP contribution in [0.15, 0.2) is 48.8 Å². The van der Waals surface area contributed by atoms with Crippen LogP contribution in [0.1, 0.15) is 24.8 Å². The van der Waals surface area contributed by atoms with Crippen molar-refractivity contribution in [2.75, 3.05) is 68.8 Å². The quantitative estimate of drug-likeness (QED) is 0.566. The maximum absolute atomic E-state index is 14.3. The highest BCUT2D eigenvalue weighted by Crippen LogP contribution is 2.30. The van der Waals surface area contributed by atoms with Gasteiger partial charge in [0.2, 0.25) is 5.91 Å². The first-order valence-corrected chi connectivity index (χ1v) is 14.5. The summed E-state index contributed by atoms with van der Waals surface area (Å²) in [5.41, 5.74) is 1.96. The first-order chi connectivity index (χ1) is 17.7. The Morgan fingerprint density at radius 3 is 2.56 bits per heavy atom. The summed E-state index contributed by atoms with van der Waals surface area (Å²) in [4.78, 5) is 26.7. The fourth-order valence-electron chi connectivity index (χ4n) is 6.04. The van der Waals surface area contributed by atoms with Crippen LogP contribution in [0.2, 0.25) is 0 Å². The third-order valence-electron chi connectivity index (χ3n) is 7.98. The van der Waals surface area contributed by atoms with E-state index in [0.717, 1.165) is 83.3 Å². The Morgan fingerprint density at radius 1 is 1.00 bits per heavy atom. The number of aromatic nitrogens is 1. The van der Waals surface area contributed by atoms with Crippen molar-refractivity contribution in [1.82, 2.24) is 19.7 Å². The fraction of sp³-hybridized carbons (Fsp3) is 0.571. The lowest BCUT2D eigenvalue weighted by atomic mass is 9.86. The number of halogens is 1. The van der Waals surface area contributed by atoms with E-state index < -0.39 is 0 Å². The number of piperazine rings is 1. The van der Waals surface area contributed by atoms with E-state index in [0.29, 0.717) is 30.0 Å². The third-order valence-corrected chi connectivity index (χ3v) is 8.92. The van der Waals surface area contributed by atoms with Crippen LogP contribution in [0.4, 0.5) is 10.1 Å². The molecule has 3 aliphatic heterocycles. The Labute approximate surface area is 218 Å². The maximum atomic E-state index is 14.3. The second-order valence-electron chi connectivity index (χ2n) is 10.2. The molecule has 194 valence electrons. The highest BCUT2D eigenvalue weighted by molar-refractivity contribution is 7.99. The molecule has 0 radical (unpaired) electrons. The van der Waals surface area contributed by atoms with E-state index in [2.05, 4.69) is 30.6 Å². The van der Waals surface area contributed by atoms with Crippen molar-refractivity contribution in [3.05, 3.63) is 60.2 Å². The molecule has 3 fully saturated rings. The molecule has 0 spiro atoms. The second-order valence-corrected chi connectivity index (χ2v) is 11.4. The lowest BCUT2D eigenvalue weighted by Gasteiger charge is -2.47. The Morgan fingerprint density at radius 2 is 1.81 bits per heavy atom. The van der Waals surface area contributed by atoms with Crippen molar-refractivity contribution >= 4 is 23.4 Å². The van der Waals surface area contributed by atoms with Crippen LogP contribution in [-0.2, 0) is 11.3 Å². The normalized spacial score (nSPS) is 24.1. The zero-order chi connectivity index (χ0) is 24.7. The zero-order valence-corrected chi connectivity index (χ0v) is 21.9. The van der Waals surface area contributed by atoms with Gasteiger partial charge < -0.3 is 9.80 Å². The summed E-state index contributed by atoms with van der Waals surface area (Å²) in [5, 5.41) is 0. The van der Waals surface area contributed by atoms with Gasteiger partial charge in [0.1, 0.15) is 5.82 Å². The number of nitrogens with zero attached hydrogens (tertiary/aromatic N) is 5. The van der Waals surface area contributed by atoms with E-state index >= 15 is 0 Å². The summed E-state index contributed by atoms with van der Waals surface area (Å²) in [5.74, 6) is 2.76. The van der Waals surface area contributed by atoms with E-state index in [9.17, 15) is 9.18 Å². The summed E-state index contributed by atoms with van der Waals surface area (Å²) < 4.78 is 14.3. The predicted octanol–water partition coefficient (Wildman–Crippen LogP) is 3.59. The molecule has 8 heteroatoms. The van der Waals surface area contributed by atoms with E-state index in [1.165, 1.54) is 5.56 Å². The SMILES string of the molecule is O=C(CC[C@H]1CN(Cc2cccnc2)CC[C@H]1N1CCN(c2ccccc2F)CC1)N1CCSCC1. The van der Waals surface area contributed by atoms with Crippen LogP contribution in [0, 0.1) is 11.7 Å². The van der Waals surface area contributed by atoms with Gasteiger partial charge in [0.25, 0.3) is 0 Å². The number of anilines is 1. The molecule has 3 aliphatic rings. The largest absolute Gasteiger partial charge is 0.367 e. The molecule has 0 saturated carbocycles. The smallest absolute Gasteiger partial charge is 0.222 e. The summed E-state index contributed by atoms with van der Waals surface area (Å²) in [7, 11) is 0. The number of amides is 1. The van der Waals surface area contributed by atoms with Gasteiger partial charge in [0.15, 0.2) is 0 Å². The second kappa shape index (κ2) is 12.4. The van der Waals surface area contributed by atoms with Gasteiger partial charge in [0.05, 0.1) is 5.69 Å². The van der Waals surface area contributed by atoms with Crippen LogP contribution < -0.4 is 4.90 Å². The number of hydrogen-bond acceptors (Lipinski definition) is 6. The molecule has 5 rings (SSSR count). The zero-order valence-electron chi connectivity index (χ0n) is 21.1. The van der Waals surface area contributed by atoms with Crippen LogP contribution >= 0.6 is 11.8 Å². The topological polar surface area (TPSA) is 42.9 Å². The van der Waals surface area contributed by atoms with Gasteiger partial charge in [-0.3, -0.25) is 19.6 Å². The number of pyridine rings is 1. The van der Waals surface area contributed by atoms with Crippen LogP contribution in [0.3, 0.4) is 0 Å². The first kappa shape index (κ1) is 25.5. The fourth-order valence-corrected chi connectivity index (χ4v) is 6.94. The van der Waals surface area contributed by atoms with Crippen LogP contribution in [0.25, 0.3) is 0 Å². The van der Waals surface area contributed by atoms with Gasteiger partial charge in [-0.05, 0) is 49.1 Å². The summed E-state index contributed by atoms with van der Waals surface area (Å²) >= 11 is 1.94. The van der Waals surface area contributed by atoms with E-state index in [4.69, 9.17) is 0 Å². The van der Waals surface area contributed by atoms with Crippen molar-refractivity contribution in [2.45, 2.75) is 31.8 Å². The number of hydrogen-bond donors (Lipinski definition) is 0. The molecular weight excluding hydrogens is 473 g/mol. The van der Waals surface area contributed by atoms with Gasteiger partial charge in [-0.15, -0.1) is 0 Å². The molecular formula is C28H38FN5OS. The molecule has 36 heavy (non-hydrogen) atoms. The van der Waals surface area contributed by atoms with Gasteiger partial charge in [-0.1, -0.05) is 18.2 Å². The Hall–Kier alpha value is -2.16. The molecule has 2 atom stereocenters. The number of piperidine rings is 1. The number of benzene rings is 1. The molecule has 6 nitrogen and oxygen atoms in total. The van der Waals surface area contributed by atoms with E-state index in [1.807, 2.05) is 42.4 Å². The highest BCUT2D eigenvalue weighted by Gasteiger charge is 2.35. The molecule has 3 saturated heterocycles. The summed E-state index contributed by atoms with van der Waals surface area (Å²) in [6.45, 7) is 8.32. The van der Waals surface area contributed by atoms with Gasteiger partial charge in [-0.2, -0.15) is 11.8 Å². The monoisotopic (exact) mass is 511 g/mol. The predicted molar refractivity (Wildman–Crippen MR) is 145 cm³/mol. The Bertz CT molecular complexity index is 981. The summed E-state index contributed by atoms with van der Waals surface area (Å²) in [6.07, 6.45) is 6.47. The molecule has 0 unspecified atom stereocenters. The van der Waals surface area contributed by atoms with Crippen LogP contribution in [-0.4, -0.2) is 95.5 Å². The van der Waals surface area contributed by atoms with Gasteiger partial charge in [-0.25, -0.2) is 4.39 Å². The molecule has 1 aromatic carbocycles. The molecule has 1 aromatic heterocycles. The molecule has 0 N–H and O–H groups in total. The van der Waals surface area contributed by atoms with Crippen molar-refractivity contribution in [2.24, 2.45) is 5.92 Å². The number of carbonyl (C=O) groups excluding carboxylic acids is 1.